The third-order valence-corrected chi connectivity index (χ3v) is 5.65. The number of pyridine rings is 2. The topological polar surface area (TPSA) is 72.7 Å². The lowest BCUT2D eigenvalue weighted by Gasteiger charge is -2.15. The Balaban J connectivity index is 1.57. The van der Waals surface area contributed by atoms with Crippen molar-refractivity contribution in [3.8, 4) is 11.3 Å². The summed E-state index contributed by atoms with van der Waals surface area (Å²) < 4.78 is 1.85. The van der Waals surface area contributed by atoms with Gasteiger partial charge in [0.05, 0.1) is 35.4 Å². The van der Waals surface area contributed by atoms with E-state index in [0.29, 0.717) is 17.8 Å². The second kappa shape index (κ2) is 9.04. The van der Waals surface area contributed by atoms with Crippen molar-refractivity contribution >= 4 is 16.9 Å². The predicted molar refractivity (Wildman–Crippen MR) is 129 cm³/mol. The number of amides is 1. The van der Waals surface area contributed by atoms with Gasteiger partial charge in [-0.25, -0.2) is 9.67 Å². The van der Waals surface area contributed by atoms with Crippen molar-refractivity contribution in [1.29, 1.82) is 0 Å². The van der Waals surface area contributed by atoms with Crippen LogP contribution < -0.4 is 5.32 Å². The van der Waals surface area contributed by atoms with Crippen molar-refractivity contribution in [2.45, 2.75) is 19.5 Å². The Kier molecular flexibility index (Phi) is 5.64. The van der Waals surface area contributed by atoms with Crippen molar-refractivity contribution in [2.75, 3.05) is 0 Å². The van der Waals surface area contributed by atoms with Crippen molar-refractivity contribution in [2.24, 2.45) is 0 Å². The Morgan fingerprint density at radius 1 is 0.970 bits per heavy atom. The van der Waals surface area contributed by atoms with Gasteiger partial charge in [-0.2, -0.15) is 5.10 Å². The summed E-state index contributed by atoms with van der Waals surface area (Å²) in [5, 5.41) is 8.41. The van der Waals surface area contributed by atoms with Crippen LogP contribution in [0.15, 0.2) is 97.5 Å². The van der Waals surface area contributed by atoms with Gasteiger partial charge in [-0.15, -0.1) is 0 Å². The first-order chi connectivity index (χ1) is 16.2. The van der Waals surface area contributed by atoms with Crippen molar-refractivity contribution < 1.29 is 4.79 Å². The van der Waals surface area contributed by atoms with Gasteiger partial charge in [0.15, 0.2) is 5.65 Å². The number of hydrogen-bond donors (Lipinski definition) is 1. The fourth-order valence-corrected chi connectivity index (χ4v) is 3.87. The van der Waals surface area contributed by atoms with Gasteiger partial charge in [0.25, 0.3) is 5.91 Å². The molecule has 1 N–H and O–H groups in total. The predicted octanol–water partition coefficient (Wildman–Crippen LogP) is 5.03. The molecule has 0 aliphatic heterocycles. The fraction of sp³-hybridized carbons (Fsp3) is 0.111. The summed E-state index contributed by atoms with van der Waals surface area (Å²) in [5.74, 6) is -0.164. The maximum absolute atomic E-state index is 13.4. The lowest BCUT2D eigenvalue weighted by Crippen LogP contribution is -2.27. The summed E-state index contributed by atoms with van der Waals surface area (Å²) in [4.78, 5) is 22.4. The minimum absolute atomic E-state index is 0.164. The van der Waals surface area contributed by atoms with E-state index in [1.54, 1.807) is 18.6 Å². The lowest BCUT2D eigenvalue weighted by atomic mass is 10.1. The van der Waals surface area contributed by atoms with Crippen LogP contribution in [0.1, 0.15) is 34.5 Å². The molecule has 1 amide bonds. The summed E-state index contributed by atoms with van der Waals surface area (Å²) >= 11 is 0. The largest absolute Gasteiger partial charge is 0.345 e. The highest BCUT2D eigenvalue weighted by atomic mass is 16.1. The zero-order chi connectivity index (χ0) is 22.6. The fourth-order valence-electron chi connectivity index (χ4n) is 3.87. The van der Waals surface area contributed by atoms with Crippen molar-refractivity contribution in [3.05, 3.63) is 114 Å². The minimum atomic E-state index is -0.164. The number of carbonyl (C=O) groups is 1. The molecule has 1 unspecified atom stereocenters. The molecule has 0 radical (unpaired) electrons. The highest BCUT2D eigenvalue weighted by molar-refractivity contribution is 6.06. The first kappa shape index (κ1) is 20.6. The molecule has 2 aromatic carbocycles. The molecule has 6 heteroatoms. The molecule has 0 aliphatic rings. The van der Waals surface area contributed by atoms with E-state index in [1.807, 2.05) is 78.3 Å². The van der Waals surface area contributed by atoms with Crippen LogP contribution in [0.3, 0.4) is 0 Å². The Hall–Kier alpha value is -4.32. The van der Waals surface area contributed by atoms with Crippen LogP contribution in [0.25, 0.3) is 22.3 Å². The average molecular weight is 434 g/mol. The van der Waals surface area contributed by atoms with Crippen LogP contribution >= 0.6 is 0 Å². The Morgan fingerprint density at radius 2 is 1.67 bits per heavy atom. The smallest absolute Gasteiger partial charge is 0.252 e. The van der Waals surface area contributed by atoms with E-state index in [0.717, 1.165) is 27.8 Å². The van der Waals surface area contributed by atoms with Crippen molar-refractivity contribution in [3.63, 3.8) is 0 Å². The number of nitrogens with one attached hydrogen (secondary N) is 1. The molecule has 6 nitrogen and oxygen atoms in total. The molecule has 0 saturated carbocycles. The first-order valence-corrected chi connectivity index (χ1v) is 10.9. The molecule has 162 valence electrons. The van der Waals surface area contributed by atoms with Gasteiger partial charge >= 0.3 is 0 Å². The molecule has 0 aliphatic carbocycles. The Morgan fingerprint density at radius 3 is 2.39 bits per heavy atom. The van der Waals surface area contributed by atoms with Gasteiger partial charge in [0.1, 0.15) is 0 Å². The molecule has 3 aromatic heterocycles. The molecule has 0 bridgehead atoms. The summed E-state index contributed by atoms with van der Waals surface area (Å²) in [6.07, 6.45) is 5.18. The normalized spacial score (nSPS) is 11.9. The summed E-state index contributed by atoms with van der Waals surface area (Å²) in [5.41, 5.74) is 5.03. The second-order valence-electron chi connectivity index (χ2n) is 7.92. The molecule has 33 heavy (non-hydrogen) atoms. The third-order valence-electron chi connectivity index (χ3n) is 5.65. The van der Waals surface area contributed by atoms with Gasteiger partial charge in [-0.1, -0.05) is 60.7 Å². The first-order valence-electron chi connectivity index (χ1n) is 10.9. The monoisotopic (exact) mass is 433 g/mol. The maximum Gasteiger partial charge on any atom is 0.252 e. The van der Waals surface area contributed by atoms with E-state index in [-0.39, 0.29) is 11.9 Å². The summed E-state index contributed by atoms with van der Waals surface area (Å²) in [6, 6.07) is 25.5. The van der Waals surface area contributed by atoms with Crippen molar-refractivity contribution in [1.82, 2.24) is 25.1 Å². The van der Waals surface area contributed by atoms with Gasteiger partial charge < -0.3 is 5.32 Å². The number of rotatable bonds is 6. The molecule has 1 atom stereocenters. The van der Waals surface area contributed by atoms with Gasteiger partial charge in [0, 0.05) is 18.0 Å². The quantitative estimate of drug-likeness (QED) is 0.408. The van der Waals surface area contributed by atoms with Gasteiger partial charge in [0.2, 0.25) is 0 Å². The number of fused-ring (bicyclic) bond motifs is 1. The minimum Gasteiger partial charge on any atom is -0.345 e. The highest BCUT2D eigenvalue weighted by Crippen LogP contribution is 2.26. The number of hydrogen-bond acceptors (Lipinski definition) is 4. The van der Waals surface area contributed by atoms with Crippen LogP contribution in [-0.2, 0) is 6.54 Å². The van der Waals surface area contributed by atoms with E-state index in [2.05, 4.69) is 27.5 Å². The van der Waals surface area contributed by atoms with Crippen LogP contribution in [0.2, 0.25) is 0 Å². The molecule has 3 heterocycles. The maximum atomic E-state index is 13.4. The van der Waals surface area contributed by atoms with E-state index in [4.69, 9.17) is 4.98 Å². The number of nitrogens with zero attached hydrogens (tertiary/aromatic N) is 4. The van der Waals surface area contributed by atoms with Crippen LogP contribution in [-0.4, -0.2) is 25.7 Å². The average Bonchev–Trinajstić information content (AvgIpc) is 3.27. The Bertz CT molecular complexity index is 1380. The SMILES string of the molecule is CC(NC(=O)c1cc(-c2ccccc2)nc2c1cnn2Cc1ccccc1)c1ccncc1. The van der Waals surface area contributed by atoms with Crippen LogP contribution in [0, 0.1) is 0 Å². The summed E-state index contributed by atoms with van der Waals surface area (Å²) in [6.45, 7) is 2.53. The van der Waals surface area contributed by atoms with Crippen LogP contribution in [0.5, 0.6) is 0 Å². The zero-order valence-corrected chi connectivity index (χ0v) is 18.2. The van der Waals surface area contributed by atoms with E-state index in [1.165, 1.54) is 0 Å². The zero-order valence-electron chi connectivity index (χ0n) is 18.2. The molecular weight excluding hydrogens is 410 g/mol. The molecular formula is C27H23N5O. The molecule has 5 aromatic rings. The highest BCUT2D eigenvalue weighted by Gasteiger charge is 2.19. The summed E-state index contributed by atoms with van der Waals surface area (Å²) in [7, 11) is 0. The van der Waals surface area contributed by atoms with E-state index < -0.39 is 0 Å². The molecule has 0 saturated heterocycles. The van der Waals surface area contributed by atoms with Gasteiger partial charge in [-0.05, 0) is 36.2 Å². The van der Waals surface area contributed by atoms with E-state index >= 15 is 0 Å². The lowest BCUT2D eigenvalue weighted by molar-refractivity contribution is 0.0941. The molecule has 0 spiro atoms. The second-order valence-corrected chi connectivity index (χ2v) is 7.92. The number of benzene rings is 2. The number of carbonyl (C=O) groups excluding carboxylic acids is 1. The van der Waals surface area contributed by atoms with E-state index in [9.17, 15) is 4.79 Å². The Labute approximate surface area is 192 Å². The molecule has 5 rings (SSSR count). The number of aromatic nitrogens is 4. The third kappa shape index (κ3) is 4.36. The molecule has 0 fully saturated rings. The van der Waals surface area contributed by atoms with Gasteiger partial charge in [-0.3, -0.25) is 9.78 Å². The standard InChI is InChI=1S/C27H23N5O/c1-19(21-12-14-28-15-13-21)30-27(33)23-16-25(22-10-6-3-7-11-22)31-26-24(23)17-29-32(26)18-20-8-4-2-5-9-20/h2-17,19H,18H2,1H3,(H,30,33). The van der Waals surface area contributed by atoms with Crippen LogP contribution in [0.4, 0.5) is 0 Å².